The molecule has 0 atom stereocenters. The molecule has 2 rings (SSSR count). The topological polar surface area (TPSA) is 97.1 Å². The van der Waals surface area contributed by atoms with Crippen LogP contribution in [0.4, 0.5) is 0 Å². The van der Waals surface area contributed by atoms with Crippen molar-refractivity contribution in [3.8, 4) is 0 Å². The van der Waals surface area contributed by atoms with Gasteiger partial charge in [0.25, 0.3) is 5.91 Å². The van der Waals surface area contributed by atoms with Gasteiger partial charge in [-0.3, -0.25) is 9.48 Å². The van der Waals surface area contributed by atoms with Crippen LogP contribution in [0, 0.1) is 0 Å². The molecule has 0 aliphatic carbocycles. The fourth-order valence-electron chi connectivity index (χ4n) is 2.00. The maximum atomic E-state index is 12.0. The molecule has 0 unspecified atom stereocenters. The molecule has 0 aromatic carbocycles. The summed E-state index contributed by atoms with van der Waals surface area (Å²) in [6.07, 6.45) is 3.94. The van der Waals surface area contributed by atoms with E-state index < -0.39 is 5.97 Å². The molecule has 0 aliphatic rings. The van der Waals surface area contributed by atoms with Crippen molar-refractivity contribution in [2.75, 3.05) is 0 Å². The van der Waals surface area contributed by atoms with Crippen LogP contribution in [-0.2, 0) is 20.0 Å². The lowest BCUT2D eigenvalue weighted by Crippen LogP contribution is -2.23. The highest BCUT2D eigenvalue weighted by molar-refractivity contribution is 5.96. The molecule has 0 radical (unpaired) electrons. The molecule has 7 nitrogen and oxygen atoms in total. The van der Waals surface area contributed by atoms with E-state index in [1.807, 2.05) is 20.2 Å². The van der Waals surface area contributed by atoms with Gasteiger partial charge in [0.05, 0.1) is 5.69 Å². The molecule has 2 N–H and O–H groups in total. The maximum absolute atomic E-state index is 12.0. The number of carbonyl (C=O) groups is 2. The molecule has 2 aromatic heterocycles. The molecule has 0 aliphatic heterocycles. The molecule has 0 saturated carbocycles. The Morgan fingerprint density at radius 1 is 1.43 bits per heavy atom. The highest BCUT2D eigenvalue weighted by Crippen LogP contribution is 2.08. The van der Waals surface area contributed by atoms with Crippen molar-refractivity contribution in [3.63, 3.8) is 0 Å². The van der Waals surface area contributed by atoms with Crippen LogP contribution in [0.15, 0.2) is 24.5 Å². The average molecular weight is 288 g/mol. The van der Waals surface area contributed by atoms with Crippen LogP contribution >= 0.6 is 0 Å². The quantitative estimate of drug-likeness (QED) is 0.855. The van der Waals surface area contributed by atoms with E-state index in [0.29, 0.717) is 6.54 Å². The van der Waals surface area contributed by atoms with Gasteiger partial charge in [-0.2, -0.15) is 5.10 Å². The second-order valence-electron chi connectivity index (χ2n) is 4.55. The number of carboxylic acid groups (broad SMARTS) is 1. The summed E-state index contributed by atoms with van der Waals surface area (Å²) >= 11 is 0. The van der Waals surface area contributed by atoms with E-state index in [-0.39, 0.29) is 17.2 Å². The van der Waals surface area contributed by atoms with Crippen molar-refractivity contribution >= 4 is 11.9 Å². The maximum Gasteiger partial charge on any atom is 0.354 e. The first kappa shape index (κ1) is 14.7. The molecular weight excluding hydrogens is 272 g/mol. The fraction of sp³-hybridized carbons (Fsp3) is 0.286. The van der Waals surface area contributed by atoms with Crippen molar-refractivity contribution < 1.29 is 14.7 Å². The molecule has 2 aromatic rings. The number of aromatic carboxylic acids is 1. The molecular formula is C14H16N4O3. The first-order valence-corrected chi connectivity index (χ1v) is 6.50. The van der Waals surface area contributed by atoms with Crippen molar-refractivity contribution in [1.29, 1.82) is 0 Å². The Hall–Kier alpha value is -2.70. The van der Waals surface area contributed by atoms with Crippen LogP contribution in [-0.4, -0.2) is 31.7 Å². The summed E-state index contributed by atoms with van der Waals surface area (Å²) in [5.74, 6) is -1.50. The molecule has 0 bridgehead atoms. The number of hydrogen-bond acceptors (Lipinski definition) is 4. The summed E-state index contributed by atoms with van der Waals surface area (Å²) in [5, 5.41) is 15.9. The van der Waals surface area contributed by atoms with E-state index >= 15 is 0 Å². The summed E-state index contributed by atoms with van der Waals surface area (Å²) in [5.41, 5.74) is 1.99. The van der Waals surface area contributed by atoms with Gasteiger partial charge >= 0.3 is 5.97 Å². The predicted molar refractivity (Wildman–Crippen MR) is 75.0 cm³/mol. The molecule has 1 amide bonds. The minimum atomic E-state index is -1.16. The number of nitrogens with zero attached hydrogens (tertiary/aromatic N) is 3. The summed E-state index contributed by atoms with van der Waals surface area (Å²) in [6.45, 7) is 2.34. The van der Waals surface area contributed by atoms with Gasteiger partial charge in [-0.1, -0.05) is 6.92 Å². The first-order valence-electron chi connectivity index (χ1n) is 6.50. The van der Waals surface area contributed by atoms with Crippen LogP contribution in [0.1, 0.15) is 39.0 Å². The third-order valence-corrected chi connectivity index (χ3v) is 3.01. The van der Waals surface area contributed by atoms with Crippen LogP contribution in [0.5, 0.6) is 0 Å². The van der Waals surface area contributed by atoms with Crippen LogP contribution < -0.4 is 5.32 Å². The fourth-order valence-corrected chi connectivity index (χ4v) is 2.00. The van der Waals surface area contributed by atoms with E-state index in [9.17, 15) is 9.59 Å². The molecule has 2 heterocycles. The summed E-state index contributed by atoms with van der Waals surface area (Å²) in [7, 11) is 1.83. The predicted octanol–water partition coefficient (Wildman–Crippen LogP) is 1.01. The molecule has 0 fully saturated rings. The lowest BCUT2D eigenvalue weighted by molar-refractivity contribution is 0.0690. The highest BCUT2D eigenvalue weighted by Gasteiger charge is 2.12. The third kappa shape index (κ3) is 3.44. The Bertz CT molecular complexity index is 679. The van der Waals surface area contributed by atoms with Gasteiger partial charge in [0.1, 0.15) is 5.69 Å². The number of carbonyl (C=O) groups excluding carboxylic acids is 1. The highest BCUT2D eigenvalue weighted by atomic mass is 16.4. The van der Waals surface area contributed by atoms with Crippen molar-refractivity contribution in [3.05, 3.63) is 47.0 Å². The smallest absolute Gasteiger partial charge is 0.354 e. The normalized spacial score (nSPS) is 10.4. The molecule has 0 saturated heterocycles. The zero-order chi connectivity index (χ0) is 15.4. The number of amides is 1. The van der Waals surface area contributed by atoms with E-state index in [0.717, 1.165) is 17.7 Å². The number of carboxylic acids is 1. The number of aromatic nitrogens is 3. The second-order valence-corrected chi connectivity index (χ2v) is 4.55. The molecule has 110 valence electrons. The lowest BCUT2D eigenvalue weighted by atomic mass is 10.2. The van der Waals surface area contributed by atoms with Gasteiger partial charge in [-0.25, -0.2) is 9.78 Å². The largest absolute Gasteiger partial charge is 0.477 e. The summed E-state index contributed by atoms with van der Waals surface area (Å²) in [6, 6.07) is 2.73. The second kappa shape index (κ2) is 6.17. The minimum absolute atomic E-state index is 0.154. The van der Waals surface area contributed by atoms with Crippen molar-refractivity contribution in [2.24, 2.45) is 7.05 Å². The van der Waals surface area contributed by atoms with Gasteiger partial charge in [0.2, 0.25) is 0 Å². The lowest BCUT2D eigenvalue weighted by Gasteiger charge is -2.05. The number of hydrogen-bond donors (Lipinski definition) is 2. The molecule has 7 heteroatoms. The van der Waals surface area contributed by atoms with E-state index in [1.54, 1.807) is 4.68 Å². The van der Waals surface area contributed by atoms with Crippen molar-refractivity contribution in [1.82, 2.24) is 20.1 Å². The van der Waals surface area contributed by atoms with Gasteiger partial charge in [-0.05, 0) is 18.6 Å². The Labute approximate surface area is 121 Å². The number of nitrogens with one attached hydrogen (secondary N) is 1. The van der Waals surface area contributed by atoms with Gasteiger partial charge in [0.15, 0.2) is 0 Å². The van der Waals surface area contributed by atoms with Gasteiger partial charge < -0.3 is 10.4 Å². The van der Waals surface area contributed by atoms with E-state index in [4.69, 9.17) is 5.11 Å². The Balaban J connectivity index is 2.08. The minimum Gasteiger partial charge on any atom is -0.477 e. The number of pyridine rings is 1. The Morgan fingerprint density at radius 2 is 2.19 bits per heavy atom. The zero-order valence-electron chi connectivity index (χ0n) is 11.8. The van der Waals surface area contributed by atoms with Crippen LogP contribution in [0.2, 0.25) is 0 Å². The zero-order valence-corrected chi connectivity index (χ0v) is 11.8. The van der Waals surface area contributed by atoms with Gasteiger partial charge in [0, 0.05) is 37.1 Å². The summed E-state index contributed by atoms with van der Waals surface area (Å²) < 4.78 is 1.70. The SMILES string of the molecule is CCc1nn(C)cc1CNC(=O)c1ccnc(C(=O)O)c1. The van der Waals surface area contributed by atoms with Crippen LogP contribution in [0.25, 0.3) is 0 Å². The average Bonchev–Trinajstić information content (AvgIpc) is 2.85. The summed E-state index contributed by atoms with van der Waals surface area (Å²) in [4.78, 5) is 26.6. The molecule has 21 heavy (non-hydrogen) atoms. The molecule has 0 spiro atoms. The van der Waals surface area contributed by atoms with E-state index in [1.165, 1.54) is 18.3 Å². The van der Waals surface area contributed by atoms with E-state index in [2.05, 4.69) is 15.4 Å². The third-order valence-electron chi connectivity index (χ3n) is 3.01. The monoisotopic (exact) mass is 288 g/mol. The van der Waals surface area contributed by atoms with Crippen molar-refractivity contribution in [2.45, 2.75) is 19.9 Å². The standard InChI is InChI=1S/C14H16N4O3/c1-3-11-10(8-18(2)17-11)7-16-13(19)9-4-5-15-12(6-9)14(20)21/h4-6,8H,3,7H2,1-2H3,(H,16,19)(H,20,21). The van der Waals surface area contributed by atoms with Gasteiger partial charge in [-0.15, -0.1) is 0 Å². The number of aryl methyl sites for hydroxylation is 2. The van der Waals surface area contributed by atoms with Crippen LogP contribution in [0.3, 0.4) is 0 Å². The Kier molecular flexibility index (Phi) is 4.32. The number of rotatable bonds is 5. The first-order chi connectivity index (χ1) is 10.0. The Morgan fingerprint density at radius 3 is 2.86 bits per heavy atom.